The summed E-state index contributed by atoms with van der Waals surface area (Å²) in [5, 5.41) is 8.29. The third-order valence-electron chi connectivity index (χ3n) is 1.89. The van der Waals surface area contributed by atoms with Crippen LogP contribution in [0.25, 0.3) is 0 Å². The molecule has 7 nitrogen and oxygen atoms in total. The molecule has 0 bridgehead atoms. The first kappa shape index (κ1) is 12.4. The standard InChI is InChI=1S/C6H11NO6S2/c8-6(9)4-15(12,13)7-5-1-2-14(10,11)3-5/h5,7H,1-4H2,(H,8,9). The highest BCUT2D eigenvalue weighted by Gasteiger charge is 2.31. The van der Waals surface area contributed by atoms with Crippen molar-refractivity contribution in [1.82, 2.24) is 4.72 Å². The molecule has 0 saturated carbocycles. The fourth-order valence-electron chi connectivity index (χ4n) is 1.35. The van der Waals surface area contributed by atoms with E-state index in [0.29, 0.717) is 0 Å². The number of nitrogens with one attached hydrogen (secondary N) is 1. The van der Waals surface area contributed by atoms with E-state index in [1.165, 1.54) is 0 Å². The summed E-state index contributed by atoms with van der Waals surface area (Å²) in [6.07, 6.45) is 0.196. The number of carbonyl (C=O) groups is 1. The van der Waals surface area contributed by atoms with Crippen LogP contribution < -0.4 is 4.72 Å². The van der Waals surface area contributed by atoms with Gasteiger partial charge in [0.05, 0.1) is 11.5 Å². The van der Waals surface area contributed by atoms with E-state index in [4.69, 9.17) is 5.11 Å². The van der Waals surface area contributed by atoms with Crippen molar-refractivity contribution in [2.75, 3.05) is 17.3 Å². The number of carboxylic acid groups (broad SMARTS) is 1. The van der Waals surface area contributed by atoms with E-state index in [9.17, 15) is 21.6 Å². The summed E-state index contributed by atoms with van der Waals surface area (Å²) in [6, 6.07) is -0.695. The van der Waals surface area contributed by atoms with Crippen LogP contribution in [-0.4, -0.2) is 51.2 Å². The predicted molar refractivity (Wildman–Crippen MR) is 51.6 cm³/mol. The Balaban J connectivity index is 2.61. The van der Waals surface area contributed by atoms with Gasteiger partial charge in [0.1, 0.15) is 0 Å². The molecular formula is C6H11NO6S2. The summed E-state index contributed by atoms with van der Waals surface area (Å²) in [5.41, 5.74) is 0. The molecule has 2 N–H and O–H groups in total. The Labute approximate surface area is 87.4 Å². The van der Waals surface area contributed by atoms with Crippen molar-refractivity contribution in [3.8, 4) is 0 Å². The maximum atomic E-state index is 11.1. The quantitative estimate of drug-likeness (QED) is 0.612. The number of carboxylic acids is 1. The lowest BCUT2D eigenvalue weighted by Gasteiger charge is -2.09. The average molecular weight is 257 g/mol. The Morgan fingerprint density at radius 1 is 1.47 bits per heavy atom. The minimum Gasteiger partial charge on any atom is -0.480 e. The molecule has 0 aromatic rings. The first-order chi connectivity index (χ1) is 6.70. The van der Waals surface area contributed by atoms with Crippen LogP contribution in [-0.2, 0) is 24.7 Å². The molecule has 1 aliphatic rings. The van der Waals surface area contributed by atoms with E-state index < -0.39 is 37.6 Å². The van der Waals surface area contributed by atoms with Crippen LogP contribution in [0.5, 0.6) is 0 Å². The minimum atomic E-state index is -3.93. The first-order valence-corrected chi connectivity index (χ1v) is 7.60. The molecular weight excluding hydrogens is 246 g/mol. The average Bonchev–Trinajstić information content (AvgIpc) is 2.25. The first-order valence-electron chi connectivity index (χ1n) is 4.12. The minimum absolute atomic E-state index is 0.0622. The number of hydrogen-bond donors (Lipinski definition) is 2. The van der Waals surface area contributed by atoms with E-state index >= 15 is 0 Å². The monoisotopic (exact) mass is 257 g/mol. The lowest BCUT2D eigenvalue weighted by Crippen LogP contribution is -2.38. The molecule has 1 heterocycles. The Kier molecular flexibility index (Phi) is 3.36. The van der Waals surface area contributed by atoms with Crippen LogP contribution in [0.3, 0.4) is 0 Å². The molecule has 9 heteroatoms. The summed E-state index contributed by atoms with van der Waals surface area (Å²) in [4.78, 5) is 10.2. The topological polar surface area (TPSA) is 118 Å². The van der Waals surface area contributed by atoms with Gasteiger partial charge in [-0.15, -0.1) is 0 Å². The van der Waals surface area contributed by atoms with Crippen LogP contribution in [0.15, 0.2) is 0 Å². The van der Waals surface area contributed by atoms with Gasteiger partial charge in [0.2, 0.25) is 10.0 Å². The van der Waals surface area contributed by atoms with Crippen molar-refractivity contribution in [3.05, 3.63) is 0 Å². The summed E-state index contributed by atoms with van der Waals surface area (Å²) in [7, 11) is -7.10. The van der Waals surface area contributed by atoms with Gasteiger partial charge in [0.25, 0.3) is 0 Å². The highest BCUT2D eigenvalue weighted by Crippen LogP contribution is 2.12. The Morgan fingerprint density at radius 3 is 2.47 bits per heavy atom. The van der Waals surface area contributed by atoms with Crippen molar-refractivity contribution >= 4 is 25.8 Å². The molecule has 1 saturated heterocycles. The number of aliphatic carboxylic acids is 1. The molecule has 0 spiro atoms. The second kappa shape index (κ2) is 4.06. The number of sulfonamides is 1. The van der Waals surface area contributed by atoms with Crippen molar-refractivity contribution in [2.45, 2.75) is 12.5 Å². The van der Waals surface area contributed by atoms with Gasteiger partial charge >= 0.3 is 5.97 Å². The normalized spacial score (nSPS) is 25.2. The molecule has 0 amide bonds. The molecule has 15 heavy (non-hydrogen) atoms. The third kappa shape index (κ3) is 4.14. The molecule has 1 aliphatic heterocycles. The van der Waals surface area contributed by atoms with Gasteiger partial charge in [-0.05, 0) is 6.42 Å². The highest BCUT2D eigenvalue weighted by atomic mass is 32.2. The molecule has 0 radical (unpaired) electrons. The van der Waals surface area contributed by atoms with E-state index in [-0.39, 0.29) is 17.9 Å². The summed E-state index contributed by atoms with van der Waals surface area (Å²) in [6.45, 7) is 0. The van der Waals surface area contributed by atoms with Gasteiger partial charge in [-0.2, -0.15) is 0 Å². The lowest BCUT2D eigenvalue weighted by molar-refractivity contribution is -0.134. The molecule has 1 unspecified atom stereocenters. The second-order valence-corrected chi connectivity index (χ2v) is 7.35. The zero-order chi connectivity index (χ0) is 11.7. The molecule has 88 valence electrons. The van der Waals surface area contributed by atoms with E-state index in [1.54, 1.807) is 0 Å². The Morgan fingerprint density at radius 2 is 2.07 bits per heavy atom. The predicted octanol–water partition coefficient (Wildman–Crippen LogP) is -1.82. The van der Waals surface area contributed by atoms with Crippen molar-refractivity contribution in [3.63, 3.8) is 0 Å². The van der Waals surface area contributed by atoms with E-state index in [0.717, 1.165) is 0 Å². The third-order valence-corrected chi connectivity index (χ3v) is 4.98. The van der Waals surface area contributed by atoms with Crippen molar-refractivity contribution in [1.29, 1.82) is 0 Å². The van der Waals surface area contributed by atoms with Crippen molar-refractivity contribution < 1.29 is 26.7 Å². The lowest BCUT2D eigenvalue weighted by atomic mass is 10.3. The smallest absolute Gasteiger partial charge is 0.320 e. The number of hydrogen-bond acceptors (Lipinski definition) is 5. The van der Waals surface area contributed by atoms with Crippen molar-refractivity contribution in [2.24, 2.45) is 0 Å². The van der Waals surface area contributed by atoms with Crippen LogP contribution in [0.1, 0.15) is 6.42 Å². The van der Waals surface area contributed by atoms with Crippen LogP contribution in [0, 0.1) is 0 Å². The summed E-state index contributed by atoms with van der Waals surface area (Å²) >= 11 is 0. The van der Waals surface area contributed by atoms with Crippen LogP contribution in [0.2, 0.25) is 0 Å². The fraction of sp³-hybridized carbons (Fsp3) is 0.833. The van der Waals surface area contributed by atoms with E-state index in [2.05, 4.69) is 4.72 Å². The zero-order valence-electron chi connectivity index (χ0n) is 7.71. The molecule has 0 aromatic carbocycles. The van der Waals surface area contributed by atoms with Gasteiger partial charge < -0.3 is 5.11 Å². The van der Waals surface area contributed by atoms with Gasteiger partial charge in [-0.25, -0.2) is 21.6 Å². The van der Waals surface area contributed by atoms with Crippen LogP contribution >= 0.6 is 0 Å². The van der Waals surface area contributed by atoms with E-state index in [1.807, 2.05) is 0 Å². The maximum absolute atomic E-state index is 11.1. The zero-order valence-corrected chi connectivity index (χ0v) is 9.34. The Hall–Kier alpha value is -0.670. The van der Waals surface area contributed by atoms with Crippen LogP contribution in [0.4, 0.5) is 0 Å². The molecule has 1 rings (SSSR count). The second-order valence-electron chi connectivity index (χ2n) is 3.37. The highest BCUT2D eigenvalue weighted by molar-refractivity contribution is 7.92. The SMILES string of the molecule is O=C(O)CS(=O)(=O)NC1CCS(=O)(=O)C1. The molecule has 0 aliphatic carbocycles. The number of rotatable bonds is 4. The molecule has 1 atom stereocenters. The van der Waals surface area contributed by atoms with Gasteiger partial charge in [0, 0.05) is 6.04 Å². The summed E-state index contributed by atoms with van der Waals surface area (Å²) < 4.78 is 46.3. The van der Waals surface area contributed by atoms with Gasteiger partial charge in [0.15, 0.2) is 15.6 Å². The molecule has 1 fully saturated rings. The van der Waals surface area contributed by atoms with Gasteiger partial charge in [-0.3, -0.25) is 4.79 Å². The maximum Gasteiger partial charge on any atom is 0.320 e. The number of sulfone groups is 1. The molecule has 0 aromatic heterocycles. The fourth-order valence-corrected chi connectivity index (χ4v) is 4.24. The summed E-state index contributed by atoms with van der Waals surface area (Å²) in [5.74, 6) is -2.83. The Bertz CT molecular complexity index is 450. The largest absolute Gasteiger partial charge is 0.480 e. The van der Waals surface area contributed by atoms with Gasteiger partial charge in [-0.1, -0.05) is 0 Å².